The lowest BCUT2D eigenvalue weighted by molar-refractivity contribution is -0.123. The van der Waals surface area contributed by atoms with E-state index >= 15 is 0 Å². The van der Waals surface area contributed by atoms with Gasteiger partial charge in [0.1, 0.15) is 11.4 Å². The predicted octanol–water partition coefficient (Wildman–Crippen LogP) is 3.50. The zero-order valence-corrected chi connectivity index (χ0v) is 22.3. The van der Waals surface area contributed by atoms with Crippen LogP contribution in [0.15, 0.2) is 30.5 Å². The predicted molar refractivity (Wildman–Crippen MR) is 145 cm³/mol. The number of hydrogen-bond donors (Lipinski definition) is 3. The van der Waals surface area contributed by atoms with E-state index in [9.17, 15) is 14.7 Å². The number of rotatable bonds is 7. The molecule has 2 aliphatic heterocycles. The second kappa shape index (κ2) is 11.5. The molecule has 9 heteroatoms. The molecule has 1 aromatic carbocycles. The van der Waals surface area contributed by atoms with Crippen molar-refractivity contribution in [2.45, 2.75) is 50.6 Å². The molecule has 1 saturated heterocycles. The molecule has 1 aromatic heterocycles. The van der Waals surface area contributed by atoms with Gasteiger partial charge in [-0.3, -0.25) is 14.5 Å². The van der Waals surface area contributed by atoms with Crippen LogP contribution >= 0.6 is 11.6 Å². The fraction of sp³-hybridized carbons (Fsp3) is 0.571. The average molecular weight is 528 g/mol. The van der Waals surface area contributed by atoms with Crippen LogP contribution < -0.4 is 10.6 Å². The van der Waals surface area contributed by atoms with Gasteiger partial charge in [0.15, 0.2) is 0 Å². The molecule has 5 rings (SSSR count). The first kappa shape index (κ1) is 26.1. The van der Waals surface area contributed by atoms with Crippen molar-refractivity contribution in [2.75, 3.05) is 46.3 Å². The van der Waals surface area contributed by atoms with Crippen LogP contribution in [0.1, 0.15) is 55.1 Å². The van der Waals surface area contributed by atoms with Crippen LogP contribution in [0, 0.1) is 5.92 Å². The van der Waals surface area contributed by atoms with E-state index in [1.807, 2.05) is 16.8 Å². The van der Waals surface area contributed by atoms with E-state index in [0.29, 0.717) is 24.6 Å². The first-order chi connectivity index (χ1) is 17.9. The lowest BCUT2D eigenvalue weighted by Gasteiger charge is -2.38. The Morgan fingerprint density at radius 3 is 2.62 bits per heavy atom. The molecule has 0 radical (unpaired) electrons. The van der Waals surface area contributed by atoms with E-state index in [-0.39, 0.29) is 34.7 Å². The number of aromatic nitrogens is 1. The minimum absolute atomic E-state index is 0.0192. The van der Waals surface area contributed by atoms with Crippen LogP contribution in [0.25, 0.3) is 11.1 Å². The lowest BCUT2D eigenvalue weighted by atomic mass is 9.83. The van der Waals surface area contributed by atoms with Gasteiger partial charge in [0.25, 0.3) is 5.91 Å². The van der Waals surface area contributed by atoms with Crippen molar-refractivity contribution in [2.24, 2.45) is 5.92 Å². The Kier molecular flexibility index (Phi) is 8.07. The summed E-state index contributed by atoms with van der Waals surface area (Å²) in [5, 5.41) is 16.4. The Balaban J connectivity index is 1.29. The molecule has 0 bridgehead atoms. The molecule has 3 aliphatic rings. The van der Waals surface area contributed by atoms with Gasteiger partial charge in [0.2, 0.25) is 5.91 Å². The number of aromatic hydroxyl groups is 1. The summed E-state index contributed by atoms with van der Waals surface area (Å²) < 4.78 is 1.92. The van der Waals surface area contributed by atoms with E-state index in [0.717, 1.165) is 43.9 Å². The van der Waals surface area contributed by atoms with Crippen molar-refractivity contribution >= 4 is 23.4 Å². The van der Waals surface area contributed by atoms with Gasteiger partial charge < -0.3 is 25.2 Å². The number of hydrogen-bond acceptors (Lipinski definition) is 5. The first-order valence-electron chi connectivity index (χ1n) is 13.6. The van der Waals surface area contributed by atoms with Crippen LogP contribution in [0.2, 0.25) is 5.02 Å². The number of piperazine rings is 1. The van der Waals surface area contributed by atoms with E-state index in [4.69, 9.17) is 11.6 Å². The Morgan fingerprint density at radius 2 is 1.89 bits per heavy atom. The number of nitrogens with one attached hydrogen (secondary N) is 2. The second-order valence-electron chi connectivity index (χ2n) is 10.9. The molecule has 2 amide bonds. The number of phenolic OH excluding ortho intramolecular Hbond substituents is 1. The van der Waals surface area contributed by atoms with Crippen LogP contribution in [-0.2, 0) is 4.79 Å². The molecule has 8 nitrogen and oxygen atoms in total. The summed E-state index contributed by atoms with van der Waals surface area (Å²) in [5.74, 6) is 0.435. The van der Waals surface area contributed by atoms with Gasteiger partial charge in [-0.2, -0.15) is 0 Å². The number of carbonyl (C=O) groups is 2. The standard InChI is InChI=1S/C28H38ClN5O3/c1-32-9-11-33(12-10-32)18-24(19-5-3-2-4-6-19)31-27(36)15-22-16-30-28(37)25-14-21(17-34(22)25)20-7-8-26(35)23(29)13-20/h7-8,13-14,17,19,22,24,35H,2-6,9-12,15-16,18H2,1H3,(H,30,37)(H,31,36)/t22-,24+/m0/s1. The summed E-state index contributed by atoms with van der Waals surface area (Å²) in [6.07, 6.45) is 8.35. The van der Waals surface area contributed by atoms with Crippen molar-refractivity contribution in [3.63, 3.8) is 0 Å². The van der Waals surface area contributed by atoms with Gasteiger partial charge in [-0.15, -0.1) is 0 Å². The fourth-order valence-corrected chi connectivity index (χ4v) is 6.20. The normalized spacial score (nSPS) is 22.3. The maximum atomic E-state index is 13.4. The summed E-state index contributed by atoms with van der Waals surface area (Å²) in [4.78, 5) is 30.9. The number of amides is 2. The van der Waals surface area contributed by atoms with Crippen molar-refractivity contribution < 1.29 is 14.7 Å². The highest BCUT2D eigenvalue weighted by atomic mass is 35.5. The smallest absolute Gasteiger partial charge is 0.268 e. The van der Waals surface area contributed by atoms with Gasteiger partial charge in [-0.25, -0.2) is 0 Å². The lowest BCUT2D eigenvalue weighted by Crippen LogP contribution is -2.53. The monoisotopic (exact) mass is 527 g/mol. The van der Waals surface area contributed by atoms with Crippen LogP contribution in [0.3, 0.4) is 0 Å². The number of nitrogens with zero attached hydrogens (tertiary/aromatic N) is 3. The molecule has 200 valence electrons. The van der Waals surface area contributed by atoms with E-state index in [1.165, 1.54) is 32.1 Å². The quantitative estimate of drug-likeness (QED) is 0.513. The van der Waals surface area contributed by atoms with E-state index in [2.05, 4.69) is 27.5 Å². The number of halogens is 1. The van der Waals surface area contributed by atoms with Gasteiger partial charge in [0.05, 0.1) is 11.1 Å². The van der Waals surface area contributed by atoms with Crippen molar-refractivity contribution in [1.29, 1.82) is 0 Å². The van der Waals surface area contributed by atoms with Gasteiger partial charge >= 0.3 is 0 Å². The summed E-state index contributed by atoms with van der Waals surface area (Å²) in [6, 6.07) is 6.82. The molecule has 3 N–H and O–H groups in total. The maximum absolute atomic E-state index is 13.4. The molecule has 1 aliphatic carbocycles. The number of benzene rings is 1. The molecule has 0 spiro atoms. The Hall–Kier alpha value is -2.55. The second-order valence-corrected chi connectivity index (χ2v) is 11.3. The average Bonchev–Trinajstić information content (AvgIpc) is 3.36. The summed E-state index contributed by atoms with van der Waals surface area (Å²) >= 11 is 6.11. The van der Waals surface area contributed by atoms with Gasteiger partial charge in [0, 0.05) is 63.5 Å². The number of likely N-dealkylation sites (N-methyl/N-ethyl adjacent to an activating group) is 1. The molecule has 1 saturated carbocycles. The third kappa shape index (κ3) is 6.13. The summed E-state index contributed by atoms with van der Waals surface area (Å²) in [6.45, 7) is 5.54. The SMILES string of the molecule is CN1CCN(C[C@@H](NC(=O)C[C@H]2CNC(=O)c3cc(-c4ccc(O)c(Cl)c4)cn32)C2CCCCC2)CC1. The Labute approximate surface area is 223 Å². The third-order valence-corrected chi connectivity index (χ3v) is 8.59. The minimum Gasteiger partial charge on any atom is -0.506 e. The first-order valence-corrected chi connectivity index (χ1v) is 13.9. The largest absolute Gasteiger partial charge is 0.506 e. The zero-order valence-electron chi connectivity index (χ0n) is 21.6. The van der Waals surface area contributed by atoms with E-state index < -0.39 is 0 Å². The minimum atomic E-state index is -0.162. The molecule has 0 unspecified atom stereocenters. The zero-order chi connectivity index (χ0) is 25.9. The molecular weight excluding hydrogens is 490 g/mol. The van der Waals surface area contributed by atoms with Crippen molar-refractivity contribution in [3.05, 3.63) is 41.2 Å². The third-order valence-electron chi connectivity index (χ3n) is 8.29. The van der Waals surface area contributed by atoms with Crippen LogP contribution in [0.5, 0.6) is 5.75 Å². The molecule has 2 atom stereocenters. The molecular formula is C28H38ClN5O3. The van der Waals surface area contributed by atoms with E-state index in [1.54, 1.807) is 18.2 Å². The van der Waals surface area contributed by atoms with Gasteiger partial charge in [-0.05, 0) is 49.6 Å². The number of phenols is 1. The summed E-state index contributed by atoms with van der Waals surface area (Å²) in [7, 11) is 2.16. The van der Waals surface area contributed by atoms with Crippen LogP contribution in [-0.4, -0.2) is 83.6 Å². The molecule has 2 aromatic rings. The summed E-state index contributed by atoms with van der Waals surface area (Å²) in [5.41, 5.74) is 2.17. The Bertz CT molecular complexity index is 1120. The maximum Gasteiger partial charge on any atom is 0.268 e. The van der Waals surface area contributed by atoms with Gasteiger partial charge in [-0.1, -0.05) is 36.9 Å². The Morgan fingerprint density at radius 1 is 1.14 bits per heavy atom. The highest BCUT2D eigenvalue weighted by Crippen LogP contribution is 2.33. The highest BCUT2D eigenvalue weighted by Gasteiger charge is 2.31. The van der Waals surface area contributed by atoms with Crippen molar-refractivity contribution in [1.82, 2.24) is 25.0 Å². The van der Waals surface area contributed by atoms with Crippen molar-refractivity contribution in [3.8, 4) is 16.9 Å². The molecule has 3 heterocycles. The molecule has 2 fully saturated rings. The topological polar surface area (TPSA) is 89.8 Å². The van der Waals surface area contributed by atoms with Crippen LogP contribution in [0.4, 0.5) is 0 Å². The number of fused-ring (bicyclic) bond motifs is 1. The fourth-order valence-electron chi connectivity index (χ4n) is 6.02. The molecule has 37 heavy (non-hydrogen) atoms. The number of carbonyl (C=O) groups excluding carboxylic acids is 2. The highest BCUT2D eigenvalue weighted by molar-refractivity contribution is 6.32.